The lowest BCUT2D eigenvalue weighted by Gasteiger charge is -2.25. The Morgan fingerprint density at radius 2 is 0.723 bits per heavy atom. The molecule has 0 saturated carbocycles. The molecule has 0 bridgehead atoms. The van der Waals surface area contributed by atoms with E-state index in [4.69, 9.17) is 71.7 Å². The number of hydrogen-bond donors (Lipinski definition) is 0. The molecule has 0 aliphatic carbocycles. The number of rotatable bonds is 24. The molecule has 456 valence electrons. The molecule has 18 heteroatoms. The molecule has 4 nitrogen and oxygen atoms in total. The van der Waals surface area contributed by atoms with Crippen molar-refractivity contribution in [1.29, 1.82) is 0 Å². The number of benzene rings is 5. The van der Waals surface area contributed by atoms with Crippen LogP contribution in [0.3, 0.4) is 0 Å². The van der Waals surface area contributed by atoms with E-state index in [1.54, 1.807) is 35.3 Å². The maximum absolute atomic E-state index is 5.81. The van der Waals surface area contributed by atoms with Crippen molar-refractivity contribution in [1.82, 2.24) is 19.6 Å². The van der Waals surface area contributed by atoms with E-state index in [9.17, 15) is 0 Å². The van der Waals surface area contributed by atoms with Gasteiger partial charge in [-0.1, -0.05) is 262 Å². The first kappa shape index (κ1) is 81.4. The van der Waals surface area contributed by atoms with Crippen LogP contribution in [0.15, 0.2) is 128 Å². The molecule has 5 aromatic rings. The Morgan fingerprint density at radius 3 is 1.00 bits per heavy atom. The van der Waals surface area contributed by atoms with Gasteiger partial charge in [-0.25, -0.2) is 0 Å². The van der Waals surface area contributed by atoms with Crippen molar-refractivity contribution in [2.75, 3.05) is 52.4 Å². The summed E-state index contributed by atoms with van der Waals surface area (Å²) in [5.41, 5.74) is 13.2. The summed E-state index contributed by atoms with van der Waals surface area (Å²) in [6, 6.07) is 43.8. The van der Waals surface area contributed by atoms with E-state index in [0.29, 0.717) is 17.8 Å². The fourth-order valence-electron chi connectivity index (χ4n) is 7.68. The van der Waals surface area contributed by atoms with Crippen molar-refractivity contribution >= 4 is 180 Å². The van der Waals surface area contributed by atoms with E-state index < -0.39 is 0 Å². The minimum absolute atomic E-state index is 0.325. The fraction of sp³-hybridized carbons (Fsp3) is 0.446. The van der Waals surface area contributed by atoms with E-state index in [-0.39, 0.29) is 0 Å². The predicted molar refractivity (Wildman–Crippen MR) is 410 cm³/mol. The van der Waals surface area contributed by atoms with Crippen molar-refractivity contribution in [3.8, 4) is 0 Å². The number of nitrogens with zero attached hydrogens (tertiary/aromatic N) is 4. The van der Waals surface area contributed by atoms with Crippen molar-refractivity contribution in [2.24, 2.45) is 0 Å². The van der Waals surface area contributed by atoms with E-state index in [1.807, 2.05) is 17.8 Å². The van der Waals surface area contributed by atoms with Crippen LogP contribution in [0, 0.1) is 0 Å². The van der Waals surface area contributed by atoms with Gasteiger partial charge < -0.3 is 19.6 Å². The molecular weight excluding hydrogens is 1290 g/mol. The quantitative estimate of drug-likeness (QED) is 0.0331. The summed E-state index contributed by atoms with van der Waals surface area (Å²) >= 11 is 47.7. The number of halogens is 2. The summed E-state index contributed by atoms with van der Waals surface area (Å²) in [6.07, 6.45) is 7.25. The van der Waals surface area contributed by atoms with E-state index >= 15 is 0 Å². The average molecular weight is 1380 g/mol. The zero-order valence-corrected chi connectivity index (χ0v) is 62.6. The maximum atomic E-state index is 5.81. The lowest BCUT2D eigenvalue weighted by molar-refractivity contribution is 0.482. The van der Waals surface area contributed by atoms with Crippen LogP contribution in [0.1, 0.15) is 143 Å². The Morgan fingerprint density at radius 1 is 0.458 bits per heavy atom. The molecule has 0 aromatic heterocycles. The molecule has 0 amide bonds. The second kappa shape index (κ2) is 52.4. The topological polar surface area (TPSA) is 13.0 Å². The summed E-state index contributed by atoms with van der Waals surface area (Å²) in [6.45, 7) is 35.9. The highest BCUT2D eigenvalue weighted by Crippen LogP contribution is 2.36. The third-order valence-electron chi connectivity index (χ3n) is 13.1. The first-order valence-corrected chi connectivity index (χ1v) is 39.0. The summed E-state index contributed by atoms with van der Waals surface area (Å²) < 4.78 is 3.99. The second-order valence-electron chi connectivity index (χ2n) is 18.2. The van der Waals surface area contributed by atoms with Gasteiger partial charge in [-0.3, -0.25) is 0 Å². The Hall–Kier alpha value is -1.58. The molecule has 1 unspecified atom stereocenters. The highest BCUT2D eigenvalue weighted by molar-refractivity contribution is 8.23. The minimum atomic E-state index is 0.325. The lowest BCUT2D eigenvalue weighted by atomic mass is 10.0. The Bertz CT molecular complexity index is 2420. The van der Waals surface area contributed by atoms with E-state index in [1.165, 1.54) is 50.1 Å². The average Bonchev–Trinajstić information content (AvgIpc) is 3.54. The van der Waals surface area contributed by atoms with Crippen molar-refractivity contribution in [3.05, 3.63) is 184 Å². The van der Waals surface area contributed by atoms with Gasteiger partial charge in [0.1, 0.15) is 17.3 Å². The first-order chi connectivity index (χ1) is 40.1. The van der Waals surface area contributed by atoms with Crippen LogP contribution in [0.4, 0.5) is 0 Å². The van der Waals surface area contributed by atoms with Crippen LogP contribution in [-0.4, -0.2) is 89.2 Å². The fourth-order valence-corrected chi connectivity index (χ4v) is 13.7. The Labute approximate surface area is 566 Å². The zero-order valence-electron chi connectivity index (χ0n) is 51.0. The molecule has 0 fully saturated rings. The Balaban J connectivity index is 0.00000115. The molecule has 0 saturated heterocycles. The van der Waals surface area contributed by atoms with Crippen LogP contribution in [0.5, 0.6) is 0 Å². The number of aryl methyl sites for hydroxylation is 4. The van der Waals surface area contributed by atoms with Gasteiger partial charge in [0.25, 0.3) is 0 Å². The van der Waals surface area contributed by atoms with Gasteiger partial charge in [-0.15, -0.1) is 11.6 Å². The molecule has 5 aromatic carbocycles. The number of thiocarbonyl (C=S) groups is 4. The van der Waals surface area contributed by atoms with Crippen LogP contribution >= 0.6 is 133 Å². The molecule has 0 heterocycles. The number of thioether (sulfide) groups is 4. The number of hydrogen-bond acceptors (Lipinski definition) is 10. The smallest absolute Gasteiger partial charge is 0.136 e. The first-order valence-electron chi connectivity index (χ1n) is 28.6. The molecular formula is C65H92Cl2N4P2S10. The molecule has 0 aliphatic heterocycles. The van der Waals surface area contributed by atoms with Crippen LogP contribution in [0.25, 0.3) is 6.08 Å². The van der Waals surface area contributed by atoms with Gasteiger partial charge in [-0.05, 0) is 174 Å². The van der Waals surface area contributed by atoms with Gasteiger partial charge >= 0.3 is 0 Å². The highest BCUT2D eigenvalue weighted by atomic mass is 35.7. The summed E-state index contributed by atoms with van der Waals surface area (Å²) in [4.78, 5) is 8.95. The van der Waals surface area contributed by atoms with Gasteiger partial charge in [0.2, 0.25) is 0 Å². The van der Waals surface area contributed by atoms with Gasteiger partial charge in [0.15, 0.2) is 0 Å². The van der Waals surface area contributed by atoms with Crippen molar-refractivity contribution < 1.29 is 0 Å². The molecule has 0 radical (unpaired) electrons. The normalized spacial score (nSPS) is 10.5. The van der Waals surface area contributed by atoms with Gasteiger partial charge in [-0.2, -0.15) is 0 Å². The van der Waals surface area contributed by atoms with Crippen molar-refractivity contribution in [2.45, 2.75) is 137 Å². The van der Waals surface area contributed by atoms with Gasteiger partial charge in [0.05, 0.1) is 6.71 Å². The molecule has 1 atom stereocenters. The van der Waals surface area contributed by atoms with Crippen molar-refractivity contribution in [3.63, 3.8) is 0 Å². The Kier molecular flexibility index (Phi) is 51.4. The van der Waals surface area contributed by atoms with Crippen LogP contribution in [-0.2, 0) is 72.4 Å². The minimum Gasteiger partial charge on any atom is -0.358 e. The predicted octanol–water partition coefficient (Wildman–Crippen LogP) is 21.6. The van der Waals surface area contributed by atoms with E-state index in [0.717, 1.165) is 125 Å². The molecule has 5 rings (SSSR count). The largest absolute Gasteiger partial charge is 0.358 e. The summed E-state index contributed by atoms with van der Waals surface area (Å²) in [5, 5.41) is 0.325. The molecule has 0 spiro atoms. The molecule has 83 heavy (non-hydrogen) atoms. The maximum Gasteiger partial charge on any atom is 0.136 e. The van der Waals surface area contributed by atoms with Gasteiger partial charge in [0, 0.05) is 80.7 Å². The third kappa shape index (κ3) is 35.3. The van der Waals surface area contributed by atoms with E-state index in [2.05, 4.69) is 255 Å². The summed E-state index contributed by atoms with van der Waals surface area (Å²) in [5.74, 6) is 3.46. The zero-order chi connectivity index (χ0) is 62.4. The number of alkyl halides is 1. The summed E-state index contributed by atoms with van der Waals surface area (Å²) in [7, 11) is 2.56. The standard InChI is InChI=1S/C28H38N2S4.2C14H21NS2.C9H11Cl.ClPS.HPS/c1-6-22-11-13-23(14-12-22)17-20-26(34-28(32)30(9-4)10-5)25-18-15-24(16-19-25)21-33-27(31)29(7-2)8-3;2*1-4-12-7-9-13(10-8-12)11-17-14(16)15(5-2)6-3;1-2-8-3-5-9(7-10)6-4-8;1-2-3;1-2/h6,11-16,18-19,26H,1,7-10,17,20-21H2,2-5H3;2*7-10H,4-6,11H2,1-3H3;3-6H,2,7H2,1H3;;1H. The molecule has 0 aliphatic rings. The monoisotopic (exact) mass is 1380 g/mol. The molecule has 0 N–H and O–H groups in total. The SMILES string of the molecule is C=Cc1ccc(CCC(SC(=S)N(CC)CC)c2ccc(CSC(=S)N(CC)CC)cc2)cc1.CCc1ccc(CCl)cc1.CCc1ccc(CSC(=S)N(CC)CC)cc1.CCc1ccc(CSC(=S)N(CC)CC)cc1.P=S.S=PCl. The lowest BCUT2D eigenvalue weighted by Crippen LogP contribution is -2.27. The van der Waals surface area contributed by atoms with Crippen LogP contribution in [0.2, 0.25) is 0 Å². The van der Waals surface area contributed by atoms with Crippen LogP contribution < -0.4 is 0 Å². The third-order valence-corrected chi connectivity index (χ3v) is 20.0. The second-order valence-corrected chi connectivity index (χ2v) is 26.9. The highest BCUT2D eigenvalue weighted by Gasteiger charge is 2.18.